The van der Waals surface area contributed by atoms with Gasteiger partial charge >= 0.3 is 0 Å². The van der Waals surface area contributed by atoms with Crippen LogP contribution in [-0.2, 0) is 19.9 Å². The highest BCUT2D eigenvalue weighted by molar-refractivity contribution is 7.91. The summed E-state index contributed by atoms with van der Waals surface area (Å²) in [5.41, 5.74) is 6.69. The summed E-state index contributed by atoms with van der Waals surface area (Å²) < 4.78 is 45.8. The van der Waals surface area contributed by atoms with E-state index in [-0.39, 0.29) is 22.4 Å². The van der Waals surface area contributed by atoms with Crippen molar-refractivity contribution in [3.63, 3.8) is 0 Å². The third kappa shape index (κ3) is 3.05. The molecule has 0 spiro atoms. The summed E-state index contributed by atoms with van der Waals surface area (Å²) in [4.78, 5) is 1.66. The van der Waals surface area contributed by atoms with Crippen LogP contribution in [0.4, 0.5) is 11.4 Å². The molecule has 2 rings (SSSR count). The van der Waals surface area contributed by atoms with Gasteiger partial charge in [-0.05, 0) is 24.6 Å². The lowest BCUT2D eigenvalue weighted by molar-refractivity contribution is 0.596. The Kier molecular flexibility index (Phi) is 3.69. The van der Waals surface area contributed by atoms with Gasteiger partial charge in [-0.1, -0.05) is 0 Å². The van der Waals surface area contributed by atoms with Gasteiger partial charge in [-0.3, -0.25) is 0 Å². The first kappa shape index (κ1) is 15.1. The molecule has 0 amide bonds. The number of sulfonamides is 1. The van der Waals surface area contributed by atoms with E-state index in [1.54, 1.807) is 11.9 Å². The standard InChI is InChI=1S/C11H17N3O4S2/c1-14(8-4-5-19(15,16)7-8)11-6-9(20(13,17)18)2-3-10(11)12/h2-3,6,8H,4-5,7,12H2,1H3,(H2,13,17,18). The molecule has 9 heteroatoms. The number of nitrogens with zero attached hydrogens (tertiary/aromatic N) is 1. The van der Waals surface area contributed by atoms with Crippen LogP contribution in [0.15, 0.2) is 23.1 Å². The van der Waals surface area contributed by atoms with E-state index in [0.29, 0.717) is 17.8 Å². The van der Waals surface area contributed by atoms with E-state index < -0.39 is 19.9 Å². The fraction of sp³-hybridized carbons (Fsp3) is 0.455. The number of nitrogens with two attached hydrogens (primary N) is 2. The fourth-order valence-corrected chi connectivity index (χ4v) is 4.59. The molecule has 7 nitrogen and oxygen atoms in total. The van der Waals surface area contributed by atoms with Crippen molar-refractivity contribution in [2.75, 3.05) is 29.2 Å². The molecule has 4 N–H and O–H groups in total. The Balaban J connectivity index is 2.37. The van der Waals surface area contributed by atoms with E-state index >= 15 is 0 Å². The molecule has 0 radical (unpaired) electrons. The second-order valence-corrected chi connectivity index (χ2v) is 8.72. The Morgan fingerprint density at radius 1 is 1.35 bits per heavy atom. The lowest BCUT2D eigenvalue weighted by Gasteiger charge is -2.27. The number of sulfone groups is 1. The Morgan fingerprint density at radius 2 is 2.00 bits per heavy atom. The molecule has 1 unspecified atom stereocenters. The molecular formula is C11H17N3O4S2. The zero-order valence-electron chi connectivity index (χ0n) is 11.0. The quantitative estimate of drug-likeness (QED) is 0.727. The van der Waals surface area contributed by atoms with Crippen molar-refractivity contribution >= 4 is 31.2 Å². The molecule has 20 heavy (non-hydrogen) atoms. The van der Waals surface area contributed by atoms with Gasteiger partial charge in [0.15, 0.2) is 9.84 Å². The molecule has 1 atom stereocenters. The molecule has 1 aliphatic heterocycles. The maximum absolute atomic E-state index is 11.5. The third-order valence-electron chi connectivity index (χ3n) is 3.47. The maximum atomic E-state index is 11.5. The number of benzene rings is 1. The molecule has 1 aliphatic rings. The van der Waals surface area contributed by atoms with Gasteiger partial charge in [0.05, 0.1) is 27.8 Å². The number of hydrogen-bond acceptors (Lipinski definition) is 6. The van der Waals surface area contributed by atoms with Crippen LogP contribution in [0, 0.1) is 0 Å². The zero-order valence-corrected chi connectivity index (χ0v) is 12.6. The highest BCUT2D eigenvalue weighted by atomic mass is 32.2. The Bertz CT molecular complexity index is 728. The molecule has 0 aliphatic carbocycles. The first-order valence-electron chi connectivity index (χ1n) is 5.96. The van der Waals surface area contributed by atoms with Crippen LogP contribution >= 0.6 is 0 Å². The normalized spacial score (nSPS) is 21.8. The van der Waals surface area contributed by atoms with Crippen LogP contribution in [0.1, 0.15) is 6.42 Å². The van der Waals surface area contributed by atoms with Gasteiger partial charge in [-0.15, -0.1) is 0 Å². The summed E-state index contributed by atoms with van der Waals surface area (Å²) >= 11 is 0. The monoisotopic (exact) mass is 319 g/mol. The Morgan fingerprint density at radius 3 is 2.50 bits per heavy atom. The predicted molar refractivity (Wildman–Crippen MR) is 77.7 cm³/mol. The van der Waals surface area contributed by atoms with E-state index in [9.17, 15) is 16.8 Å². The van der Waals surface area contributed by atoms with E-state index in [0.717, 1.165) is 0 Å². The highest BCUT2D eigenvalue weighted by Gasteiger charge is 2.31. The van der Waals surface area contributed by atoms with Gasteiger partial charge in [0.1, 0.15) is 0 Å². The van der Waals surface area contributed by atoms with Crippen molar-refractivity contribution in [1.29, 1.82) is 0 Å². The van der Waals surface area contributed by atoms with Crippen molar-refractivity contribution in [2.45, 2.75) is 17.4 Å². The third-order valence-corrected chi connectivity index (χ3v) is 6.13. The van der Waals surface area contributed by atoms with Gasteiger partial charge in [0.25, 0.3) is 0 Å². The van der Waals surface area contributed by atoms with Crippen molar-refractivity contribution < 1.29 is 16.8 Å². The molecule has 0 aromatic heterocycles. The SMILES string of the molecule is CN(c1cc(S(N)(=O)=O)ccc1N)C1CCS(=O)(=O)C1. The number of anilines is 2. The number of rotatable bonds is 3. The summed E-state index contributed by atoms with van der Waals surface area (Å²) in [6, 6.07) is 3.94. The second-order valence-electron chi connectivity index (χ2n) is 4.93. The van der Waals surface area contributed by atoms with Gasteiger partial charge in [0, 0.05) is 13.1 Å². The van der Waals surface area contributed by atoms with Crippen molar-refractivity contribution in [1.82, 2.24) is 0 Å². The lowest BCUT2D eigenvalue weighted by Crippen LogP contribution is -2.33. The van der Waals surface area contributed by atoms with E-state index in [2.05, 4.69) is 0 Å². The minimum Gasteiger partial charge on any atom is -0.397 e. The minimum absolute atomic E-state index is 0.0442. The van der Waals surface area contributed by atoms with Crippen LogP contribution < -0.4 is 15.8 Å². The lowest BCUT2D eigenvalue weighted by atomic mass is 10.2. The summed E-state index contributed by atoms with van der Waals surface area (Å²) in [6.45, 7) is 0. The first-order valence-corrected chi connectivity index (χ1v) is 9.32. The van der Waals surface area contributed by atoms with E-state index in [1.165, 1.54) is 18.2 Å². The van der Waals surface area contributed by atoms with Gasteiger partial charge in [-0.2, -0.15) is 0 Å². The number of hydrogen-bond donors (Lipinski definition) is 2. The first-order chi connectivity index (χ1) is 9.10. The number of primary sulfonamides is 1. The van der Waals surface area contributed by atoms with E-state index in [4.69, 9.17) is 10.9 Å². The predicted octanol–water partition coefficient (Wildman–Crippen LogP) is -0.460. The highest BCUT2D eigenvalue weighted by Crippen LogP contribution is 2.29. The molecule has 0 saturated carbocycles. The van der Waals surface area contributed by atoms with Crippen molar-refractivity contribution in [3.8, 4) is 0 Å². The molecule has 0 bridgehead atoms. The molecule has 1 aromatic rings. The molecule has 1 heterocycles. The topological polar surface area (TPSA) is 124 Å². The molecule has 1 aromatic carbocycles. The van der Waals surface area contributed by atoms with Gasteiger partial charge in [-0.25, -0.2) is 22.0 Å². The van der Waals surface area contributed by atoms with Crippen molar-refractivity contribution in [2.24, 2.45) is 5.14 Å². The van der Waals surface area contributed by atoms with Crippen LogP contribution in [0.2, 0.25) is 0 Å². The van der Waals surface area contributed by atoms with Crippen LogP contribution in [0.5, 0.6) is 0 Å². The average Bonchev–Trinajstić information content (AvgIpc) is 2.68. The molecule has 1 saturated heterocycles. The van der Waals surface area contributed by atoms with Gasteiger partial charge < -0.3 is 10.6 Å². The largest absolute Gasteiger partial charge is 0.397 e. The van der Waals surface area contributed by atoms with Gasteiger partial charge in [0.2, 0.25) is 10.0 Å². The van der Waals surface area contributed by atoms with Crippen LogP contribution in [-0.4, -0.2) is 41.4 Å². The summed E-state index contributed by atoms with van der Waals surface area (Å²) in [5.74, 6) is 0.180. The van der Waals surface area contributed by atoms with Crippen LogP contribution in [0.25, 0.3) is 0 Å². The second kappa shape index (κ2) is 4.90. The van der Waals surface area contributed by atoms with E-state index in [1.807, 2.05) is 0 Å². The Labute approximate surface area is 118 Å². The smallest absolute Gasteiger partial charge is 0.238 e. The van der Waals surface area contributed by atoms with Crippen LogP contribution in [0.3, 0.4) is 0 Å². The fourth-order valence-electron chi connectivity index (χ4n) is 2.28. The maximum Gasteiger partial charge on any atom is 0.238 e. The molecular weight excluding hydrogens is 302 g/mol. The summed E-state index contributed by atoms with van der Waals surface area (Å²) in [6.07, 6.45) is 0.498. The Hall–Kier alpha value is -1.32. The minimum atomic E-state index is -3.82. The molecule has 112 valence electrons. The summed E-state index contributed by atoms with van der Waals surface area (Å²) in [7, 11) is -5.15. The van der Waals surface area contributed by atoms with Crippen molar-refractivity contribution in [3.05, 3.63) is 18.2 Å². The number of nitrogen functional groups attached to an aromatic ring is 1. The summed E-state index contributed by atoms with van der Waals surface area (Å²) in [5, 5.41) is 5.09. The molecule has 1 fully saturated rings. The zero-order chi connectivity index (χ0) is 15.1. The average molecular weight is 319 g/mol.